The number of likely N-dealkylation sites (tertiary alicyclic amines) is 1. The Morgan fingerprint density at radius 1 is 0.970 bits per heavy atom. The number of aromatic nitrogens is 4. The number of imidazole rings is 1. The number of carbonyl (C=O) groups is 1. The molecule has 164 valence electrons. The number of aromatic amines is 1. The highest BCUT2D eigenvalue weighted by molar-refractivity contribution is 5.94. The lowest BCUT2D eigenvalue weighted by Crippen LogP contribution is -2.39. The Morgan fingerprint density at radius 2 is 1.76 bits per heavy atom. The second-order valence-electron chi connectivity index (χ2n) is 8.35. The minimum absolute atomic E-state index is 0.0211. The van der Waals surface area contributed by atoms with Crippen LogP contribution in [0.5, 0.6) is 0 Å². The van der Waals surface area contributed by atoms with Crippen LogP contribution in [0.15, 0.2) is 83.5 Å². The van der Waals surface area contributed by atoms with Gasteiger partial charge in [-0.25, -0.2) is 9.67 Å². The molecule has 33 heavy (non-hydrogen) atoms. The quantitative estimate of drug-likeness (QED) is 0.428. The summed E-state index contributed by atoms with van der Waals surface area (Å²) < 4.78 is 7.24. The van der Waals surface area contributed by atoms with Crippen molar-refractivity contribution in [3.8, 4) is 17.1 Å². The number of para-hydroxylation sites is 3. The summed E-state index contributed by atoms with van der Waals surface area (Å²) in [5, 5.41) is 4.69. The number of hydrogen-bond donors (Lipinski definition) is 1. The number of nitrogens with one attached hydrogen (secondary N) is 1. The van der Waals surface area contributed by atoms with Crippen molar-refractivity contribution in [1.82, 2.24) is 24.6 Å². The molecule has 1 N–H and O–H groups in total. The molecule has 1 saturated heterocycles. The summed E-state index contributed by atoms with van der Waals surface area (Å²) in [4.78, 5) is 23.7. The number of H-pyrrole nitrogens is 1. The number of benzene rings is 2. The molecule has 0 saturated carbocycles. The first kappa shape index (κ1) is 19.5. The molecule has 0 radical (unpaired) electrons. The van der Waals surface area contributed by atoms with Gasteiger partial charge < -0.3 is 14.3 Å². The van der Waals surface area contributed by atoms with Crippen molar-refractivity contribution in [3.05, 3.63) is 90.6 Å². The first-order valence-corrected chi connectivity index (χ1v) is 11.2. The molecule has 0 atom stereocenters. The van der Waals surface area contributed by atoms with Crippen LogP contribution in [0, 0.1) is 0 Å². The number of rotatable bonds is 4. The van der Waals surface area contributed by atoms with E-state index >= 15 is 0 Å². The minimum Gasteiger partial charge on any atom is -0.463 e. The van der Waals surface area contributed by atoms with Crippen LogP contribution in [-0.2, 0) is 0 Å². The first-order chi connectivity index (χ1) is 16.3. The molecular formula is C26H23N5O2. The zero-order chi connectivity index (χ0) is 22.2. The fourth-order valence-corrected chi connectivity index (χ4v) is 4.53. The third-order valence-corrected chi connectivity index (χ3v) is 6.28. The largest absolute Gasteiger partial charge is 0.463 e. The van der Waals surface area contributed by atoms with E-state index in [0.29, 0.717) is 36.2 Å². The van der Waals surface area contributed by atoms with Crippen LogP contribution in [0.1, 0.15) is 35.1 Å². The van der Waals surface area contributed by atoms with Crippen LogP contribution in [0.3, 0.4) is 0 Å². The smallest absolute Gasteiger partial charge is 0.272 e. The van der Waals surface area contributed by atoms with Crippen LogP contribution in [-0.4, -0.2) is 43.6 Å². The number of nitrogens with zero attached hydrogens (tertiary/aromatic N) is 4. The Balaban J connectivity index is 1.25. The van der Waals surface area contributed by atoms with Gasteiger partial charge in [0.25, 0.3) is 5.91 Å². The summed E-state index contributed by atoms with van der Waals surface area (Å²) in [7, 11) is 0. The Hall–Kier alpha value is -4.13. The highest BCUT2D eigenvalue weighted by Gasteiger charge is 2.29. The third kappa shape index (κ3) is 3.61. The molecule has 0 bridgehead atoms. The molecule has 7 heteroatoms. The Morgan fingerprint density at radius 3 is 2.52 bits per heavy atom. The van der Waals surface area contributed by atoms with Crippen LogP contribution in [0.4, 0.5) is 0 Å². The summed E-state index contributed by atoms with van der Waals surface area (Å²) in [5.74, 6) is 1.95. The summed E-state index contributed by atoms with van der Waals surface area (Å²) in [6, 6.07) is 23.3. The molecule has 1 aliphatic heterocycles. The molecule has 1 amide bonds. The summed E-state index contributed by atoms with van der Waals surface area (Å²) in [6.45, 7) is 1.35. The number of hydrogen-bond acceptors (Lipinski definition) is 4. The average Bonchev–Trinajstić information content (AvgIpc) is 3.63. The van der Waals surface area contributed by atoms with E-state index < -0.39 is 0 Å². The molecule has 5 aromatic rings. The van der Waals surface area contributed by atoms with E-state index in [-0.39, 0.29) is 5.91 Å². The molecule has 4 heterocycles. The molecule has 0 aliphatic carbocycles. The fourth-order valence-electron chi connectivity index (χ4n) is 4.53. The zero-order valence-corrected chi connectivity index (χ0v) is 18.0. The average molecular weight is 438 g/mol. The van der Waals surface area contributed by atoms with Crippen molar-refractivity contribution in [1.29, 1.82) is 0 Å². The van der Waals surface area contributed by atoms with E-state index in [0.717, 1.165) is 35.4 Å². The molecule has 3 aromatic heterocycles. The second kappa shape index (κ2) is 8.09. The maximum absolute atomic E-state index is 13.6. The molecule has 7 nitrogen and oxygen atoms in total. The normalized spacial score (nSPS) is 14.7. The summed E-state index contributed by atoms with van der Waals surface area (Å²) in [5.41, 5.74) is 4.07. The Kier molecular flexibility index (Phi) is 4.79. The molecule has 1 aliphatic rings. The van der Waals surface area contributed by atoms with Crippen LogP contribution >= 0.6 is 0 Å². The van der Waals surface area contributed by atoms with E-state index in [1.54, 1.807) is 10.9 Å². The van der Waals surface area contributed by atoms with E-state index in [1.807, 2.05) is 77.7 Å². The van der Waals surface area contributed by atoms with Crippen LogP contribution < -0.4 is 0 Å². The lowest BCUT2D eigenvalue weighted by atomic mass is 9.96. The highest BCUT2D eigenvalue weighted by Crippen LogP contribution is 2.29. The van der Waals surface area contributed by atoms with E-state index in [9.17, 15) is 4.79 Å². The van der Waals surface area contributed by atoms with E-state index in [1.165, 1.54) is 0 Å². The molecular weight excluding hydrogens is 414 g/mol. The summed E-state index contributed by atoms with van der Waals surface area (Å²) >= 11 is 0. The number of piperidine rings is 1. The Labute approximate surface area is 190 Å². The second-order valence-corrected chi connectivity index (χ2v) is 8.35. The number of fused-ring (bicyclic) bond motifs is 1. The summed E-state index contributed by atoms with van der Waals surface area (Å²) in [6.07, 6.45) is 3.35. The van der Waals surface area contributed by atoms with E-state index in [4.69, 9.17) is 9.40 Å². The Bertz CT molecular complexity index is 1360. The highest BCUT2D eigenvalue weighted by atomic mass is 16.3. The third-order valence-electron chi connectivity index (χ3n) is 6.28. The standard InChI is InChI=1S/C26H23N5O2/c32-26(30-14-12-18(13-15-30)25-27-20-9-4-5-10-21(20)28-25)23-17-22(24-11-6-16-33-24)29-31(23)19-7-2-1-3-8-19/h1-11,16-18H,12-15H2,(H,27,28). The van der Waals surface area contributed by atoms with Crippen molar-refractivity contribution in [2.75, 3.05) is 13.1 Å². The van der Waals surface area contributed by atoms with Gasteiger partial charge in [-0.15, -0.1) is 0 Å². The van der Waals surface area contributed by atoms with Crippen LogP contribution in [0.25, 0.3) is 28.2 Å². The first-order valence-electron chi connectivity index (χ1n) is 11.2. The number of furan rings is 1. The molecule has 6 rings (SSSR count). The van der Waals surface area contributed by atoms with Gasteiger partial charge in [0.1, 0.15) is 17.2 Å². The van der Waals surface area contributed by atoms with Crippen molar-refractivity contribution >= 4 is 16.9 Å². The maximum atomic E-state index is 13.6. The van der Waals surface area contributed by atoms with Crippen molar-refractivity contribution in [3.63, 3.8) is 0 Å². The zero-order valence-electron chi connectivity index (χ0n) is 18.0. The minimum atomic E-state index is -0.0211. The molecule has 0 unspecified atom stereocenters. The van der Waals surface area contributed by atoms with Gasteiger partial charge in [0.05, 0.1) is 23.0 Å². The monoisotopic (exact) mass is 437 g/mol. The molecule has 0 spiro atoms. The van der Waals surface area contributed by atoms with Crippen LogP contribution in [0.2, 0.25) is 0 Å². The van der Waals surface area contributed by atoms with Gasteiger partial charge in [0, 0.05) is 25.1 Å². The maximum Gasteiger partial charge on any atom is 0.272 e. The van der Waals surface area contributed by atoms with Crippen molar-refractivity contribution in [2.24, 2.45) is 0 Å². The van der Waals surface area contributed by atoms with Gasteiger partial charge in [-0.2, -0.15) is 5.10 Å². The van der Waals surface area contributed by atoms with Gasteiger partial charge >= 0.3 is 0 Å². The topological polar surface area (TPSA) is 79.9 Å². The van der Waals surface area contributed by atoms with Crippen molar-refractivity contribution in [2.45, 2.75) is 18.8 Å². The predicted octanol–water partition coefficient (Wildman–Crippen LogP) is 5.03. The van der Waals surface area contributed by atoms with E-state index in [2.05, 4.69) is 10.1 Å². The number of amides is 1. The number of carbonyl (C=O) groups excluding carboxylic acids is 1. The fraction of sp³-hybridized carbons (Fsp3) is 0.192. The van der Waals surface area contributed by atoms with Gasteiger partial charge in [-0.3, -0.25) is 4.79 Å². The lowest BCUT2D eigenvalue weighted by Gasteiger charge is -2.31. The van der Waals surface area contributed by atoms with Crippen molar-refractivity contribution < 1.29 is 9.21 Å². The van der Waals surface area contributed by atoms with Gasteiger partial charge in [-0.05, 0) is 49.2 Å². The predicted molar refractivity (Wildman–Crippen MR) is 125 cm³/mol. The SMILES string of the molecule is O=C(c1cc(-c2ccco2)nn1-c1ccccc1)N1CCC(c2nc3ccccc3[nH]2)CC1. The van der Waals surface area contributed by atoms with Gasteiger partial charge in [0.15, 0.2) is 5.76 Å². The van der Waals surface area contributed by atoms with Gasteiger partial charge in [0.2, 0.25) is 0 Å². The lowest BCUT2D eigenvalue weighted by molar-refractivity contribution is 0.0702. The molecule has 1 fully saturated rings. The molecule has 2 aromatic carbocycles. The van der Waals surface area contributed by atoms with Gasteiger partial charge in [-0.1, -0.05) is 30.3 Å².